The van der Waals surface area contributed by atoms with Crippen molar-refractivity contribution in [1.82, 2.24) is 4.90 Å². The molecule has 0 bridgehead atoms. The summed E-state index contributed by atoms with van der Waals surface area (Å²) in [6.07, 6.45) is 42.4. The SMILES string of the molecule is CCCCCCCC[P+](CCCCCCCC)(CCCCCCCC)CCCCCCCCCCN1C(=O)c2ccccc2C1=O. The summed E-state index contributed by atoms with van der Waals surface area (Å²) < 4.78 is 0. The Bertz CT molecular complexity index is 839. The van der Waals surface area contributed by atoms with E-state index in [1.165, 1.54) is 159 Å². The van der Waals surface area contributed by atoms with Crippen LogP contribution in [0.3, 0.4) is 0 Å². The Balaban J connectivity index is 1.73. The number of imide groups is 1. The van der Waals surface area contributed by atoms with E-state index in [0.29, 0.717) is 17.7 Å². The summed E-state index contributed by atoms with van der Waals surface area (Å²) in [6, 6.07) is 7.24. The molecule has 1 aromatic carbocycles. The van der Waals surface area contributed by atoms with E-state index in [-0.39, 0.29) is 11.8 Å². The molecule has 4 heteroatoms. The maximum absolute atomic E-state index is 12.6. The molecule has 0 unspecified atom stereocenters. The zero-order valence-electron chi connectivity index (χ0n) is 30.9. The molecule has 1 heterocycles. The van der Waals surface area contributed by atoms with Gasteiger partial charge in [-0.15, -0.1) is 0 Å². The Morgan fingerprint density at radius 1 is 0.413 bits per heavy atom. The highest BCUT2D eigenvalue weighted by Gasteiger charge is 2.35. The summed E-state index contributed by atoms with van der Waals surface area (Å²) in [7, 11) is -0.835. The number of carbonyl (C=O) groups is 2. The van der Waals surface area contributed by atoms with Gasteiger partial charge in [-0.2, -0.15) is 0 Å². The smallest absolute Gasteiger partial charge is 0.261 e. The molecule has 2 amide bonds. The lowest BCUT2D eigenvalue weighted by Gasteiger charge is -2.28. The van der Waals surface area contributed by atoms with Gasteiger partial charge < -0.3 is 0 Å². The number of hydrogen-bond acceptors (Lipinski definition) is 2. The lowest BCUT2D eigenvalue weighted by Crippen LogP contribution is -2.30. The summed E-state index contributed by atoms with van der Waals surface area (Å²) >= 11 is 0. The molecule has 0 spiro atoms. The number of nitrogens with zero attached hydrogens (tertiary/aromatic N) is 1. The zero-order valence-corrected chi connectivity index (χ0v) is 31.8. The molecule has 0 saturated carbocycles. The first-order valence-electron chi connectivity index (χ1n) is 20.4. The van der Waals surface area contributed by atoms with E-state index in [9.17, 15) is 9.59 Å². The van der Waals surface area contributed by atoms with Crippen LogP contribution in [0.1, 0.15) is 208 Å². The predicted octanol–water partition coefficient (Wildman–Crippen LogP) is 13.5. The van der Waals surface area contributed by atoms with Gasteiger partial charge in [0.25, 0.3) is 11.8 Å². The number of amides is 2. The average molecular weight is 657 g/mol. The number of unbranched alkanes of at least 4 members (excludes halogenated alkanes) is 22. The average Bonchev–Trinajstić information content (AvgIpc) is 3.31. The van der Waals surface area contributed by atoms with E-state index in [1.54, 1.807) is 36.8 Å². The Labute approximate surface area is 287 Å². The molecule has 3 nitrogen and oxygen atoms in total. The Morgan fingerprint density at radius 3 is 1.02 bits per heavy atom. The van der Waals surface area contributed by atoms with Crippen LogP contribution in [0.2, 0.25) is 0 Å². The molecule has 0 fully saturated rings. The quantitative estimate of drug-likeness (QED) is 0.0440. The van der Waals surface area contributed by atoms with Gasteiger partial charge in [0.05, 0.1) is 35.8 Å². The second-order valence-electron chi connectivity index (χ2n) is 14.7. The number of fused-ring (bicyclic) bond motifs is 1. The molecule has 2 rings (SSSR count). The zero-order chi connectivity index (χ0) is 33.1. The second-order valence-corrected chi connectivity index (χ2v) is 19.1. The number of benzene rings is 1. The van der Waals surface area contributed by atoms with Gasteiger partial charge in [0.1, 0.15) is 0 Å². The Morgan fingerprint density at radius 2 is 0.696 bits per heavy atom. The van der Waals surface area contributed by atoms with Gasteiger partial charge in [0.2, 0.25) is 0 Å². The van der Waals surface area contributed by atoms with Crippen LogP contribution in [0.5, 0.6) is 0 Å². The van der Waals surface area contributed by atoms with E-state index >= 15 is 0 Å². The van der Waals surface area contributed by atoms with Gasteiger partial charge in [-0.05, 0) is 69.9 Å². The van der Waals surface area contributed by atoms with Crippen LogP contribution in [0, 0.1) is 0 Å². The molecular weight excluding hydrogens is 581 g/mol. The van der Waals surface area contributed by atoms with E-state index in [4.69, 9.17) is 0 Å². The van der Waals surface area contributed by atoms with Crippen molar-refractivity contribution in [3.63, 3.8) is 0 Å². The van der Waals surface area contributed by atoms with Crippen molar-refractivity contribution in [2.24, 2.45) is 0 Å². The summed E-state index contributed by atoms with van der Waals surface area (Å²) in [4.78, 5) is 26.6. The highest BCUT2D eigenvalue weighted by Crippen LogP contribution is 2.61. The molecule has 0 atom stereocenters. The molecule has 0 saturated heterocycles. The molecule has 0 aromatic heterocycles. The van der Waals surface area contributed by atoms with Crippen molar-refractivity contribution in [3.8, 4) is 0 Å². The van der Waals surface area contributed by atoms with Crippen molar-refractivity contribution >= 4 is 19.1 Å². The van der Waals surface area contributed by atoms with Crippen LogP contribution in [0.4, 0.5) is 0 Å². The second kappa shape index (κ2) is 26.7. The first kappa shape index (κ1) is 41.0. The van der Waals surface area contributed by atoms with Gasteiger partial charge in [0.15, 0.2) is 0 Å². The number of rotatable bonds is 32. The van der Waals surface area contributed by atoms with Gasteiger partial charge in [-0.3, -0.25) is 14.5 Å². The largest absolute Gasteiger partial charge is 0.274 e. The molecule has 0 radical (unpaired) electrons. The Hall–Kier alpha value is -1.21. The summed E-state index contributed by atoms with van der Waals surface area (Å²) in [5.74, 6) is -0.215. The van der Waals surface area contributed by atoms with E-state index in [0.717, 1.165) is 12.8 Å². The van der Waals surface area contributed by atoms with Crippen LogP contribution in [-0.4, -0.2) is 47.9 Å². The minimum absolute atomic E-state index is 0.107. The van der Waals surface area contributed by atoms with Crippen molar-refractivity contribution in [2.45, 2.75) is 188 Å². The topological polar surface area (TPSA) is 37.4 Å². The number of hydrogen-bond donors (Lipinski definition) is 0. The minimum atomic E-state index is -0.835. The van der Waals surface area contributed by atoms with Crippen molar-refractivity contribution < 1.29 is 9.59 Å². The third kappa shape index (κ3) is 16.8. The van der Waals surface area contributed by atoms with Crippen LogP contribution in [-0.2, 0) is 0 Å². The fourth-order valence-electron chi connectivity index (χ4n) is 7.57. The van der Waals surface area contributed by atoms with Crippen molar-refractivity contribution in [1.29, 1.82) is 0 Å². The van der Waals surface area contributed by atoms with E-state index in [1.807, 2.05) is 12.1 Å². The predicted molar refractivity (Wildman–Crippen MR) is 205 cm³/mol. The summed E-state index contributed by atoms with van der Waals surface area (Å²) in [5.41, 5.74) is 1.15. The number of carbonyl (C=O) groups excluding carboxylic acids is 2. The van der Waals surface area contributed by atoms with Crippen molar-refractivity contribution in [3.05, 3.63) is 35.4 Å². The lowest BCUT2D eigenvalue weighted by molar-refractivity contribution is 0.0651. The van der Waals surface area contributed by atoms with Gasteiger partial charge in [0, 0.05) is 13.8 Å². The van der Waals surface area contributed by atoms with E-state index in [2.05, 4.69) is 20.8 Å². The van der Waals surface area contributed by atoms with Gasteiger partial charge in [-0.1, -0.05) is 142 Å². The van der Waals surface area contributed by atoms with Crippen LogP contribution in [0.15, 0.2) is 24.3 Å². The van der Waals surface area contributed by atoms with E-state index < -0.39 is 7.26 Å². The molecule has 0 N–H and O–H groups in total. The van der Waals surface area contributed by atoms with Gasteiger partial charge >= 0.3 is 0 Å². The summed E-state index contributed by atoms with van der Waals surface area (Å²) in [6.45, 7) is 7.56. The first-order chi connectivity index (χ1) is 22.6. The minimum Gasteiger partial charge on any atom is -0.274 e. The molecule has 1 aromatic rings. The first-order valence-corrected chi connectivity index (χ1v) is 22.9. The highest BCUT2D eigenvalue weighted by molar-refractivity contribution is 7.75. The molecule has 1 aliphatic heterocycles. The monoisotopic (exact) mass is 657 g/mol. The molecular formula is C42H75NO2P+. The van der Waals surface area contributed by atoms with Crippen molar-refractivity contribution in [2.75, 3.05) is 31.2 Å². The molecule has 0 aliphatic carbocycles. The lowest BCUT2D eigenvalue weighted by atomic mass is 10.1. The normalized spacial score (nSPS) is 13.2. The van der Waals surface area contributed by atoms with Crippen LogP contribution in [0.25, 0.3) is 0 Å². The molecule has 1 aliphatic rings. The van der Waals surface area contributed by atoms with Crippen LogP contribution >= 0.6 is 7.26 Å². The van der Waals surface area contributed by atoms with Gasteiger partial charge in [-0.25, -0.2) is 0 Å². The Kier molecular flexibility index (Phi) is 23.8. The van der Waals surface area contributed by atoms with Crippen LogP contribution < -0.4 is 0 Å². The highest BCUT2D eigenvalue weighted by atomic mass is 31.2. The molecule has 46 heavy (non-hydrogen) atoms. The molecule has 264 valence electrons. The summed E-state index contributed by atoms with van der Waals surface area (Å²) in [5, 5.41) is 0. The maximum atomic E-state index is 12.6. The fraction of sp³-hybridized carbons (Fsp3) is 0.810. The maximum Gasteiger partial charge on any atom is 0.261 e. The third-order valence-electron chi connectivity index (χ3n) is 10.6. The standard InChI is InChI=1S/C42H75NO2P/c1-4-7-10-13-21-28-35-46(36-29-22-14-11-8-5-2,37-30-23-15-12-9-6-3)38-31-24-19-17-16-18-20-27-34-43-41(44)39-32-25-26-33-40(39)42(43)45/h25-26,32-33H,4-24,27-31,34-38H2,1-3H3/q+1. The fourth-order valence-corrected chi connectivity index (χ4v) is 12.5. The third-order valence-corrected chi connectivity index (χ3v) is 15.7.